The van der Waals surface area contributed by atoms with Crippen molar-refractivity contribution in [3.05, 3.63) is 29.8 Å². The molecule has 22 heavy (non-hydrogen) atoms. The van der Waals surface area contributed by atoms with E-state index >= 15 is 0 Å². The van der Waals surface area contributed by atoms with Crippen LogP contribution in [-0.2, 0) is 4.74 Å². The molecule has 0 saturated carbocycles. The molecule has 2 rings (SSSR count). The lowest BCUT2D eigenvalue weighted by Crippen LogP contribution is -2.51. The zero-order valence-corrected chi connectivity index (χ0v) is 13.2. The number of carbonyl (C=O) groups excluding carboxylic acids is 1. The van der Waals surface area contributed by atoms with E-state index in [1.165, 1.54) is 0 Å². The Morgan fingerprint density at radius 1 is 1.36 bits per heavy atom. The van der Waals surface area contributed by atoms with E-state index in [1.54, 1.807) is 24.0 Å². The van der Waals surface area contributed by atoms with Crippen molar-refractivity contribution < 1.29 is 9.53 Å². The minimum Gasteiger partial charge on any atom is -0.450 e. The normalized spacial score (nSPS) is 14.2. The van der Waals surface area contributed by atoms with E-state index in [9.17, 15) is 4.79 Å². The molecule has 0 unspecified atom stereocenters. The van der Waals surface area contributed by atoms with Crippen LogP contribution in [0.5, 0.6) is 0 Å². The van der Waals surface area contributed by atoms with Crippen LogP contribution in [0.15, 0.2) is 24.3 Å². The number of ether oxygens (including phenoxy) is 1. The van der Waals surface area contributed by atoms with Gasteiger partial charge >= 0.3 is 6.09 Å². The Hall–Kier alpha value is -2.33. The van der Waals surface area contributed by atoms with Gasteiger partial charge in [0.1, 0.15) is 0 Å². The molecule has 1 aromatic carbocycles. The molecule has 0 spiro atoms. The maximum absolute atomic E-state index is 11.6. The lowest BCUT2D eigenvalue weighted by Gasteiger charge is -2.35. The molecule has 0 radical (unpaired) electrons. The minimum atomic E-state index is -0.275. The molecular weight excluding hydrogens is 300 g/mol. The number of thiocarbonyl (C=S) groups is 1. The van der Waals surface area contributed by atoms with E-state index in [2.05, 4.69) is 11.4 Å². The summed E-state index contributed by atoms with van der Waals surface area (Å²) in [5, 5.41) is 12.6. The number of benzene rings is 1. The van der Waals surface area contributed by atoms with E-state index in [4.69, 9.17) is 22.2 Å². The molecule has 1 aliphatic rings. The fourth-order valence-corrected chi connectivity index (χ4v) is 2.48. The van der Waals surface area contributed by atoms with Crippen LogP contribution in [0.1, 0.15) is 12.5 Å². The van der Waals surface area contributed by atoms with Gasteiger partial charge in [0, 0.05) is 31.9 Å². The average molecular weight is 318 g/mol. The van der Waals surface area contributed by atoms with E-state index in [1.807, 2.05) is 17.0 Å². The van der Waals surface area contributed by atoms with Gasteiger partial charge in [0.2, 0.25) is 0 Å². The number of amides is 1. The molecule has 116 valence electrons. The first-order chi connectivity index (χ1) is 10.6. The van der Waals surface area contributed by atoms with Crippen LogP contribution in [0.4, 0.5) is 10.5 Å². The van der Waals surface area contributed by atoms with E-state index in [0.717, 1.165) is 5.69 Å². The highest BCUT2D eigenvalue weighted by atomic mass is 32.1. The molecule has 0 atom stereocenters. The molecule has 6 nitrogen and oxygen atoms in total. The molecule has 1 aliphatic heterocycles. The third kappa shape index (κ3) is 4.09. The Balaban J connectivity index is 1.87. The molecule has 0 aliphatic carbocycles. The van der Waals surface area contributed by atoms with Gasteiger partial charge in [-0.2, -0.15) is 5.26 Å². The minimum absolute atomic E-state index is 0.275. The number of hydrogen-bond acceptors (Lipinski definition) is 4. The summed E-state index contributed by atoms with van der Waals surface area (Å²) in [6, 6.07) is 9.26. The van der Waals surface area contributed by atoms with Crippen molar-refractivity contribution in [1.29, 1.82) is 5.26 Å². The predicted octanol–water partition coefficient (Wildman–Crippen LogP) is 2.03. The van der Waals surface area contributed by atoms with E-state index in [0.29, 0.717) is 43.5 Å². The van der Waals surface area contributed by atoms with Crippen molar-refractivity contribution in [2.45, 2.75) is 6.92 Å². The maximum Gasteiger partial charge on any atom is 0.409 e. The summed E-state index contributed by atoms with van der Waals surface area (Å²) < 4.78 is 4.99. The first kappa shape index (κ1) is 16.0. The summed E-state index contributed by atoms with van der Waals surface area (Å²) in [5.41, 5.74) is 1.37. The monoisotopic (exact) mass is 318 g/mol. The van der Waals surface area contributed by atoms with Crippen molar-refractivity contribution in [2.24, 2.45) is 0 Å². The Labute approximate surface area is 135 Å². The second kappa shape index (κ2) is 7.61. The average Bonchev–Trinajstić information content (AvgIpc) is 2.55. The van der Waals surface area contributed by atoms with Crippen LogP contribution >= 0.6 is 12.2 Å². The number of carbonyl (C=O) groups is 1. The van der Waals surface area contributed by atoms with Crippen LogP contribution < -0.4 is 5.32 Å². The van der Waals surface area contributed by atoms with Gasteiger partial charge in [0.15, 0.2) is 5.11 Å². The summed E-state index contributed by atoms with van der Waals surface area (Å²) in [6.07, 6.45) is -0.275. The lowest BCUT2D eigenvalue weighted by atomic mass is 10.2. The first-order valence-electron chi connectivity index (χ1n) is 7.12. The van der Waals surface area contributed by atoms with Crippen LogP contribution in [0.2, 0.25) is 0 Å². The summed E-state index contributed by atoms with van der Waals surface area (Å²) in [6.45, 7) is 4.65. The summed E-state index contributed by atoms with van der Waals surface area (Å²) in [4.78, 5) is 15.3. The van der Waals surface area contributed by atoms with Crippen LogP contribution in [-0.4, -0.2) is 53.8 Å². The number of anilines is 1. The highest BCUT2D eigenvalue weighted by molar-refractivity contribution is 7.80. The van der Waals surface area contributed by atoms with Gasteiger partial charge in [-0.3, -0.25) is 0 Å². The second-order valence-corrected chi connectivity index (χ2v) is 5.18. The van der Waals surface area contributed by atoms with Gasteiger partial charge < -0.3 is 19.9 Å². The van der Waals surface area contributed by atoms with Gasteiger partial charge in [0.05, 0.1) is 18.2 Å². The number of hydrogen-bond donors (Lipinski definition) is 1. The number of nitrogens with one attached hydrogen (secondary N) is 1. The number of nitrogens with zero attached hydrogens (tertiary/aromatic N) is 3. The maximum atomic E-state index is 11.6. The van der Waals surface area contributed by atoms with Gasteiger partial charge in [-0.25, -0.2) is 4.79 Å². The topological polar surface area (TPSA) is 68.6 Å². The van der Waals surface area contributed by atoms with E-state index in [-0.39, 0.29) is 6.09 Å². The molecule has 1 amide bonds. The number of nitriles is 1. The molecule has 1 N–H and O–H groups in total. The zero-order valence-electron chi connectivity index (χ0n) is 12.4. The van der Waals surface area contributed by atoms with Gasteiger partial charge in [-0.15, -0.1) is 0 Å². The highest BCUT2D eigenvalue weighted by Crippen LogP contribution is 2.12. The van der Waals surface area contributed by atoms with Gasteiger partial charge in [0.25, 0.3) is 0 Å². The van der Waals surface area contributed by atoms with Crippen LogP contribution in [0.3, 0.4) is 0 Å². The first-order valence-corrected chi connectivity index (χ1v) is 7.52. The molecule has 7 heteroatoms. The smallest absolute Gasteiger partial charge is 0.409 e. The molecule has 1 saturated heterocycles. The molecule has 0 aromatic heterocycles. The Bertz CT molecular complexity index is 591. The van der Waals surface area contributed by atoms with Crippen LogP contribution in [0, 0.1) is 11.3 Å². The highest BCUT2D eigenvalue weighted by Gasteiger charge is 2.23. The molecular formula is C15H18N4O2S. The zero-order chi connectivity index (χ0) is 15.9. The van der Waals surface area contributed by atoms with Crippen molar-refractivity contribution in [2.75, 3.05) is 38.1 Å². The Morgan fingerprint density at radius 2 is 2.05 bits per heavy atom. The predicted molar refractivity (Wildman–Crippen MR) is 87.5 cm³/mol. The van der Waals surface area contributed by atoms with E-state index < -0.39 is 0 Å². The third-order valence-electron chi connectivity index (χ3n) is 3.34. The van der Waals surface area contributed by atoms with Crippen molar-refractivity contribution >= 4 is 29.1 Å². The van der Waals surface area contributed by atoms with Gasteiger partial charge in [-0.1, -0.05) is 6.07 Å². The second-order valence-electron chi connectivity index (χ2n) is 4.80. The van der Waals surface area contributed by atoms with Crippen molar-refractivity contribution in [3.63, 3.8) is 0 Å². The summed E-state index contributed by atoms with van der Waals surface area (Å²) in [7, 11) is 0. The molecule has 1 fully saturated rings. The third-order valence-corrected chi connectivity index (χ3v) is 3.70. The summed E-state index contributed by atoms with van der Waals surface area (Å²) in [5.74, 6) is 0. The van der Waals surface area contributed by atoms with Crippen molar-refractivity contribution in [3.8, 4) is 6.07 Å². The molecule has 1 heterocycles. The largest absolute Gasteiger partial charge is 0.450 e. The summed E-state index contributed by atoms with van der Waals surface area (Å²) >= 11 is 5.39. The quantitative estimate of drug-likeness (QED) is 0.842. The van der Waals surface area contributed by atoms with Gasteiger partial charge in [-0.05, 0) is 37.3 Å². The number of rotatable bonds is 2. The standard InChI is InChI=1S/C15H18N4O2S/c1-2-21-15(20)19-8-6-18(7-9-19)14(22)17-13-5-3-4-12(10-13)11-16/h3-5,10H,2,6-9H2,1H3,(H,17,22). The lowest BCUT2D eigenvalue weighted by molar-refractivity contribution is 0.0923. The fraction of sp³-hybridized carbons (Fsp3) is 0.400. The Morgan fingerprint density at radius 3 is 2.68 bits per heavy atom. The van der Waals surface area contributed by atoms with Crippen molar-refractivity contribution in [1.82, 2.24) is 9.80 Å². The molecule has 0 bridgehead atoms. The Kier molecular flexibility index (Phi) is 5.55. The fourth-order valence-electron chi connectivity index (χ4n) is 2.18. The molecule has 1 aromatic rings. The SMILES string of the molecule is CCOC(=O)N1CCN(C(=S)Nc2cccc(C#N)c2)CC1. The van der Waals surface area contributed by atoms with Crippen LogP contribution in [0.25, 0.3) is 0 Å². The number of piperazine rings is 1.